The fourth-order valence-corrected chi connectivity index (χ4v) is 3.41. The first-order valence-electron chi connectivity index (χ1n) is 11.0. The van der Waals surface area contributed by atoms with Gasteiger partial charge in [-0.2, -0.15) is 0 Å². The molecular weight excluding hydrogens is 412 g/mol. The van der Waals surface area contributed by atoms with Gasteiger partial charge in [-0.1, -0.05) is 45.0 Å². The Labute approximate surface area is 194 Å². The summed E-state index contributed by atoms with van der Waals surface area (Å²) in [5.41, 5.74) is 3.59. The molecule has 4 rings (SSSR count). The Balaban J connectivity index is 1.41. The maximum Gasteiger partial charge on any atom is 0.248 e. The topological polar surface area (TPSA) is 75.6 Å². The van der Waals surface area contributed by atoms with Crippen LogP contribution in [0.4, 0.5) is 5.69 Å². The first kappa shape index (κ1) is 22.3. The average Bonchev–Trinajstić information content (AvgIpc) is 3.33. The molecule has 0 radical (unpaired) electrons. The molecule has 2 heterocycles. The zero-order chi connectivity index (χ0) is 23.3. The highest BCUT2D eigenvalue weighted by atomic mass is 16.5. The lowest BCUT2D eigenvalue weighted by Crippen LogP contribution is -2.20. The van der Waals surface area contributed by atoms with Crippen LogP contribution in [0.25, 0.3) is 6.08 Å². The van der Waals surface area contributed by atoms with Gasteiger partial charge in [-0.05, 0) is 52.9 Å². The maximum atomic E-state index is 12.4. The van der Waals surface area contributed by atoms with Crippen LogP contribution in [-0.2, 0) is 10.2 Å². The number of benzene rings is 2. The maximum absolute atomic E-state index is 12.4. The smallest absolute Gasteiger partial charge is 0.248 e. The summed E-state index contributed by atoms with van der Waals surface area (Å²) >= 11 is 0. The highest BCUT2D eigenvalue weighted by Crippen LogP contribution is 2.25. The van der Waals surface area contributed by atoms with Crippen molar-refractivity contribution in [2.75, 3.05) is 18.4 Å². The van der Waals surface area contributed by atoms with Gasteiger partial charge in [0.05, 0.1) is 6.54 Å². The van der Waals surface area contributed by atoms with Crippen LogP contribution in [0.5, 0.6) is 11.5 Å². The number of rotatable bonds is 6. The molecule has 1 aliphatic heterocycles. The number of hydrogen-bond donors (Lipinski definition) is 2. The number of carbonyl (C=O) groups excluding carboxylic acids is 1. The van der Waals surface area contributed by atoms with Crippen molar-refractivity contribution in [1.82, 2.24) is 10.3 Å². The van der Waals surface area contributed by atoms with Gasteiger partial charge in [-0.25, -0.2) is 0 Å². The van der Waals surface area contributed by atoms with Crippen molar-refractivity contribution >= 4 is 23.5 Å². The number of amidine groups is 1. The minimum atomic E-state index is -0.184. The van der Waals surface area contributed by atoms with E-state index in [9.17, 15) is 4.79 Å². The van der Waals surface area contributed by atoms with Crippen molar-refractivity contribution < 1.29 is 9.53 Å². The number of aromatic nitrogens is 1. The summed E-state index contributed by atoms with van der Waals surface area (Å²) in [6.07, 6.45) is 5.00. The van der Waals surface area contributed by atoms with Crippen LogP contribution in [0.15, 0.2) is 77.9 Å². The quantitative estimate of drug-likeness (QED) is 0.518. The number of pyridine rings is 1. The molecule has 0 saturated carbocycles. The Morgan fingerprint density at radius 2 is 1.88 bits per heavy atom. The van der Waals surface area contributed by atoms with Gasteiger partial charge in [-0.3, -0.25) is 14.8 Å². The monoisotopic (exact) mass is 440 g/mol. The van der Waals surface area contributed by atoms with Gasteiger partial charge >= 0.3 is 0 Å². The largest absolute Gasteiger partial charge is 0.457 e. The number of carbonyl (C=O) groups is 1. The first-order valence-corrected chi connectivity index (χ1v) is 11.0. The highest BCUT2D eigenvalue weighted by Gasteiger charge is 2.14. The van der Waals surface area contributed by atoms with Crippen LogP contribution in [0, 0.1) is 0 Å². The van der Waals surface area contributed by atoms with Crippen LogP contribution < -0.4 is 15.4 Å². The number of amides is 1. The van der Waals surface area contributed by atoms with E-state index >= 15 is 0 Å². The SMILES string of the molecule is CC(C)(C)c1cccc(NC(=O)/C=C/c2cccc(Oc3ccnc(C4=NCCN4)c3)c2)c1. The predicted molar refractivity (Wildman–Crippen MR) is 133 cm³/mol. The molecule has 0 bridgehead atoms. The van der Waals surface area contributed by atoms with Gasteiger partial charge in [0.1, 0.15) is 23.0 Å². The molecule has 2 aromatic carbocycles. The average molecular weight is 441 g/mol. The highest BCUT2D eigenvalue weighted by molar-refractivity contribution is 6.02. The van der Waals surface area contributed by atoms with E-state index in [0.29, 0.717) is 11.5 Å². The number of nitrogens with one attached hydrogen (secondary N) is 2. The molecule has 0 unspecified atom stereocenters. The molecule has 0 fully saturated rings. The van der Waals surface area contributed by atoms with Gasteiger partial charge in [0.15, 0.2) is 0 Å². The van der Waals surface area contributed by atoms with Crippen molar-refractivity contribution in [2.45, 2.75) is 26.2 Å². The zero-order valence-electron chi connectivity index (χ0n) is 19.1. The summed E-state index contributed by atoms with van der Waals surface area (Å²) in [4.78, 5) is 21.2. The number of aliphatic imine (C=N–C) groups is 1. The zero-order valence-corrected chi connectivity index (χ0v) is 19.1. The number of nitrogens with zero attached hydrogens (tertiary/aromatic N) is 2. The van der Waals surface area contributed by atoms with Crippen LogP contribution in [0.3, 0.4) is 0 Å². The van der Waals surface area contributed by atoms with Crippen LogP contribution >= 0.6 is 0 Å². The van der Waals surface area contributed by atoms with E-state index in [4.69, 9.17) is 4.74 Å². The van der Waals surface area contributed by atoms with Crippen molar-refractivity contribution in [1.29, 1.82) is 0 Å². The Morgan fingerprint density at radius 1 is 1.06 bits per heavy atom. The molecule has 0 spiro atoms. The number of anilines is 1. The summed E-state index contributed by atoms with van der Waals surface area (Å²) in [5, 5.41) is 6.14. The number of hydrogen-bond acceptors (Lipinski definition) is 5. The molecule has 3 aromatic rings. The van der Waals surface area contributed by atoms with Gasteiger partial charge in [0, 0.05) is 30.6 Å². The third-order valence-corrected chi connectivity index (χ3v) is 5.17. The van der Waals surface area contributed by atoms with Crippen molar-refractivity contribution in [3.8, 4) is 11.5 Å². The van der Waals surface area contributed by atoms with E-state index in [-0.39, 0.29) is 11.3 Å². The van der Waals surface area contributed by atoms with E-state index in [1.54, 1.807) is 18.3 Å². The van der Waals surface area contributed by atoms with Crippen LogP contribution in [0.2, 0.25) is 0 Å². The molecule has 0 aliphatic carbocycles. The molecule has 1 aromatic heterocycles. The molecule has 0 atom stereocenters. The van der Waals surface area contributed by atoms with Gasteiger partial charge in [0.25, 0.3) is 0 Å². The third kappa shape index (κ3) is 6.07. The molecule has 1 amide bonds. The lowest BCUT2D eigenvalue weighted by molar-refractivity contribution is -0.111. The fourth-order valence-electron chi connectivity index (χ4n) is 3.41. The van der Waals surface area contributed by atoms with Crippen LogP contribution in [-0.4, -0.2) is 29.8 Å². The summed E-state index contributed by atoms with van der Waals surface area (Å²) in [6.45, 7) is 8.03. The second-order valence-corrected chi connectivity index (χ2v) is 8.86. The van der Waals surface area contributed by atoms with E-state index in [2.05, 4.69) is 47.4 Å². The Hall–Kier alpha value is -3.93. The van der Waals surface area contributed by atoms with E-state index < -0.39 is 0 Å². The molecule has 168 valence electrons. The number of ether oxygens (including phenoxy) is 1. The van der Waals surface area contributed by atoms with E-state index in [1.165, 1.54) is 11.6 Å². The lowest BCUT2D eigenvalue weighted by atomic mass is 9.87. The molecule has 0 saturated heterocycles. The summed E-state index contributed by atoms with van der Waals surface area (Å²) in [6, 6.07) is 19.2. The van der Waals surface area contributed by atoms with Gasteiger partial charge in [0.2, 0.25) is 5.91 Å². The summed E-state index contributed by atoms with van der Waals surface area (Å²) in [5.74, 6) is 1.95. The van der Waals surface area contributed by atoms with Crippen molar-refractivity contribution in [3.05, 3.63) is 89.8 Å². The minimum Gasteiger partial charge on any atom is -0.457 e. The molecule has 1 aliphatic rings. The summed E-state index contributed by atoms with van der Waals surface area (Å²) < 4.78 is 6.01. The standard InChI is InChI=1S/C27H28N4O2/c1-27(2,3)20-7-5-8-21(17-20)31-25(32)11-10-19-6-4-9-22(16-19)33-23-12-13-28-24(18-23)26-29-14-15-30-26/h4-13,16-18H,14-15H2,1-3H3,(H,29,30)(H,31,32)/b11-10+. The van der Waals surface area contributed by atoms with Gasteiger partial charge in [-0.15, -0.1) is 0 Å². The lowest BCUT2D eigenvalue weighted by Gasteiger charge is -2.19. The fraction of sp³-hybridized carbons (Fsp3) is 0.222. The van der Waals surface area contributed by atoms with E-state index in [0.717, 1.165) is 35.9 Å². The predicted octanol–water partition coefficient (Wildman–Crippen LogP) is 5.17. The minimum absolute atomic E-state index is 0.0215. The molecular formula is C27H28N4O2. The first-order chi connectivity index (χ1) is 15.9. The summed E-state index contributed by atoms with van der Waals surface area (Å²) in [7, 11) is 0. The Kier molecular flexibility index (Phi) is 6.54. The Bertz CT molecular complexity index is 1210. The second-order valence-electron chi connectivity index (χ2n) is 8.86. The van der Waals surface area contributed by atoms with Crippen molar-refractivity contribution in [2.24, 2.45) is 4.99 Å². The van der Waals surface area contributed by atoms with Crippen molar-refractivity contribution in [3.63, 3.8) is 0 Å². The normalized spacial score (nSPS) is 13.5. The molecule has 2 N–H and O–H groups in total. The molecule has 33 heavy (non-hydrogen) atoms. The van der Waals surface area contributed by atoms with E-state index in [1.807, 2.05) is 48.5 Å². The molecule has 6 nitrogen and oxygen atoms in total. The third-order valence-electron chi connectivity index (χ3n) is 5.17. The molecule has 6 heteroatoms. The van der Waals surface area contributed by atoms with Gasteiger partial charge < -0.3 is 15.4 Å². The van der Waals surface area contributed by atoms with Crippen LogP contribution in [0.1, 0.15) is 37.6 Å². The Morgan fingerprint density at radius 3 is 2.67 bits per heavy atom. The second kappa shape index (κ2) is 9.69.